The molecule has 0 aromatic heterocycles. The second kappa shape index (κ2) is 18.2. The number of aldehydes is 1. The van der Waals surface area contributed by atoms with Crippen LogP contribution in [0, 0.1) is 5.92 Å². The van der Waals surface area contributed by atoms with Crippen LogP contribution < -0.4 is 0 Å². The van der Waals surface area contributed by atoms with Crippen molar-refractivity contribution in [1.82, 2.24) is 0 Å². The van der Waals surface area contributed by atoms with Gasteiger partial charge in [-0.25, -0.2) is 0 Å². The molecule has 6 nitrogen and oxygen atoms in total. The van der Waals surface area contributed by atoms with Crippen LogP contribution in [0.15, 0.2) is 0 Å². The lowest BCUT2D eigenvalue weighted by Gasteiger charge is -2.22. The maximum atomic E-state index is 12.3. The number of hydrogen-bond acceptors (Lipinski definition) is 6. The summed E-state index contributed by atoms with van der Waals surface area (Å²) in [6, 6.07) is 0. The molecular weight excluding hydrogens is 396 g/mol. The lowest BCUT2D eigenvalue weighted by atomic mass is 9.99. The summed E-state index contributed by atoms with van der Waals surface area (Å²) < 4.78 is 16.8. The van der Waals surface area contributed by atoms with Crippen LogP contribution in [0.1, 0.15) is 110 Å². The van der Waals surface area contributed by atoms with E-state index in [0.29, 0.717) is 19.4 Å². The molecule has 0 aliphatic carbocycles. The van der Waals surface area contributed by atoms with Gasteiger partial charge in [-0.3, -0.25) is 9.59 Å². The summed E-state index contributed by atoms with van der Waals surface area (Å²) in [7, 11) is 0. The molecule has 0 aromatic carbocycles. The molecule has 31 heavy (non-hydrogen) atoms. The highest BCUT2D eigenvalue weighted by molar-refractivity contribution is 5.70. The van der Waals surface area contributed by atoms with E-state index in [1.807, 2.05) is 0 Å². The molecule has 1 rings (SSSR count). The van der Waals surface area contributed by atoms with Crippen molar-refractivity contribution >= 4 is 18.2 Å². The van der Waals surface area contributed by atoms with Crippen molar-refractivity contribution in [3.63, 3.8) is 0 Å². The number of hydrogen-bond donors (Lipinski definition) is 0. The Balaban J connectivity index is 2.33. The smallest absolute Gasteiger partial charge is 0.306 e. The molecule has 3 atom stereocenters. The van der Waals surface area contributed by atoms with Gasteiger partial charge in [0.05, 0.1) is 6.61 Å². The van der Waals surface area contributed by atoms with Gasteiger partial charge in [-0.2, -0.15) is 0 Å². The lowest BCUT2D eigenvalue weighted by molar-refractivity contribution is -0.158. The Morgan fingerprint density at radius 1 is 0.839 bits per heavy atom. The van der Waals surface area contributed by atoms with Gasteiger partial charge in [0, 0.05) is 25.2 Å². The van der Waals surface area contributed by atoms with Crippen LogP contribution in [0.25, 0.3) is 0 Å². The molecule has 1 heterocycles. The van der Waals surface area contributed by atoms with E-state index in [-0.39, 0.29) is 30.9 Å². The third-order valence-corrected chi connectivity index (χ3v) is 5.90. The molecule has 0 N–H and O–H groups in total. The van der Waals surface area contributed by atoms with Crippen LogP contribution in [0.2, 0.25) is 0 Å². The summed E-state index contributed by atoms with van der Waals surface area (Å²) in [6.07, 6.45) is 14.1. The van der Waals surface area contributed by atoms with Crippen LogP contribution in [-0.2, 0) is 28.6 Å². The Morgan fingerprint density at radius 3 is 1.97 bits per heavy atom. The van der Waals surface area contributed by atoms with E-state index in [4.69, 9.17) is 14.2 Å². The minimum atomic E-state index is -0.528. The van der Waals surface area contributed by atoms with Crippen molar-refractivity contribution in [2.75, 3.05) is 13.2 Å². The third kappa shape index (κ3) is 12.9. The fraction of sp³-hybridized carbons (Fsp3) is 0.880. The maximum Gasteiger partial charge on any atom is 0.306 e. The molecule has 1 saturated heterocycles. The molecule has 1 aliphatic rings. The first-order valence-electron chi connectivity index (χ1n) is 12.5. The van der Waals surface area contributed by atoms with E-state index < -0.39 is 12.2 Å². The van der Waals surface area contributed by atoms with E-state index in [1.165, 1.54) is 38.5 Å². The van der Waals surface area contributed by atoms with Crippen molar-refractivity contribution in [2.24, 2.45) is 5.92 Å². The molecule has 0 amide bonds. The summed E-state index contributed by atoms with van der Waals surface area (Å²) in [5, 5.41) is 0. The normalized spacial score (nSPS) is 20.5. The quantitative estimate of drug-likeness (QED) is 0.149. The molecule has 0 saturated carbocycles. The second-order valence-electron chi connectivity index (χ2n) is 8.71. The van der Waals surface area contributed by atoms with Gasteiger partial charge in [-0.1, -0.05) is 78.1 Å². The highest BCUT2D eigenvalue weighted by Gasteiger charge is 2.40. The Hall–Kier alpha value is -1.43. The first-order valence-corrected chi connectivity index (χ1v) is 12.5. The Labute approximate surface area is 188 Å². The van der Waals surface area contributed by atoms with Crippen molar-refractivity contribution in [2.45, 2.75) is 122 Å². The molecule has 2 unspecified atom stereocenters. The molecule has 1 fully saturated rings. The Kier molecular flexibility index (Phi) is 16.2. The summed E-state index contributed by atoms with van der Waals surface area (Å²) in [5.74, 6) is -0.673. The van der Waals surface area contributed by atoms with E-state index in [0.717, 1.165) is 44.8 Å². The number of carbonyl (C=O) groups excluding carboxylic acids is 3. The van der Waals surface area contributed by atoms with Gasteiger partial charge in [0.25, 0.3) is 0 Å². The van der Waals surface area contributed by atoms with Crippen molar-refractivity contribution in [3.8, 4) is 0 Å². The molecule has 6 heteroatoms. The average Bonchev–Trinajstić information content (AvgIpc) is 3.13. The fourth-order valence-electron chi connectivity index (χ4n) is 3.94. The highest BCUT2D eigenvalue weighted by Crippen LogP contribution is 2.27. The van der Waals surface area contributed by atoms with Crippen molar-refractivity contribution in [1.29, 1.82) is 0 Å². The summed E-state index contributed by atoms with van der Waals surface area (Å²) in [4.78, 5) is 35.3. The van der Waals surface area contributed by atoms with Crippen LogP contribution in [0.5, 0.6) is 0 Å². The molecule has 180 valence electrons. The molecular formula is C25H44O6. The van der Waals surface area contributed by atoms with Gasteiger partial charge < -0.3 is 19.0 Å². The first-order chi connectivity index (χ1) is 15.1. The van der Waals surface area contributed by atoms with E-state index >= 15 is 0 Å². The van der Waals surface area contributed by atoms with Crippen LogP contribution in [0.3, 0.4) is 0 Å². The highest BCUT2D eigenvalue weighted by atomic mass is 16.6. The summed E-state index contributed by atoms with van der Waals surface area (Å²) in [5.41, 5.74) is 0. The molecule has 0 spiro atoms. The van der Waals surface area contributed by atoms with Gasteiger partial charge in [-0.05, 0) is 12.8 Å². The summed E-state index contributed by atoms with van der Waals surface area (Å²) >= 11 is 0. The molecule has 0 aromatic rings. The number of ether oxygens (including phenoxy) is 3. The average molecular weight is 441 g/mol. The number of esters is 2. The monoisotopic (exact) mass is 440 g/mol. The lowest BCUT2D eigenvalue weighted by Crippen LogP contribution is -2.36. The number of unbranched alkanes of at least 4 members (excludes halogenated alkanes) is 10. The standard InChI is InChI=1S/C25H44O6/c1-3-5-7-9-11-13-15-23(27)30-20-22-25(21(17-18-26)19-29-22)31-24(28)16-14-12-10-8-6-4-2/h18,21-22,25H,3-17,19-20H2,1-2H3/t21?,22?,25-/m0/s1. The minimum Gasteiger partial charge on any atom is -0.463 e. The SMILES string of the molecule is CCCCCCCCC(=O)OCC1OCC(CC=O)[C@@H]1OC(=O)CCCCCCCC. The molecule has 1 aliphatic heterocycles. The number of carbonyl (C=O) groups is 3. The van der Waals surface area contributed by atoms with E-state index in [9.17, 15) is 14.4 Å². The summed E-state index contributed by atoms with van der Waals surface area (Å²) in [6.45, 7) is 4.77. The first kappa shape index (κ1) is 27.6. The predicted molar refractivity (Wildman–Crippen MR) is 121 cm³/mol. The van der Waals surface area contributed by atoms with E-state index in [1.54, 1.807) is 0 Å². The zero-order valence-corrected chi connectivity index (χ0v) is 19.8. The third-order valence-electron chi connectivity index (χ3n) is 5.90. The van der Waals surface area contributed by atoms with Gasteiger partial charge >= 0.3 is 11.9 Å². The topological polar surface area (TPSA) is 78.9 Å². The minimum absolute atomic E-state index is 0.0684. The zero-order chi connectivity index (χ0) is 22.7. The zero-order valence-electron chi connectivity index (χ0n) is 19.8. The van der Waals surface area contributed by atoms with Gasteiger partial charge in [0.15, 0.2) is 0 Å². The van der Waals surface area contributed by atoms with E-state index in [2.05, 4.69) is 13.8 Å². The van der Waals surface area contributed by atoms with Crippen molar-refractivity contribution < 1.29 is 28.6 Å². The van der Waals surface area contributed by atoms with Gasteiger partial charge in [-0.15, -0.1) is 0 Å². The fourth-order valence-corrected chi connectivity index (χ4v) is 3.94. The van der Waals surface area contributed by atoms with Crippen LogP contribution in [0.4, 0.5) is 0 Å². The van der Waals surface area contributed by atoms with Crippen molar-refractivity contribution in [3.05, 3.63) is 0 Å². The predicted octanol–water partition coefficient (Wildman–Crippen LogP) is 5.55. The molecule has 0 radical (unpaired) electrons. The Morgan fingerprint density at radius 2 is 1.39 bits per heavy atom. The maximum absolute atomic E-state index is 12.3. The largest absolute Gasteiger partial charge is 0.463 e. The molecule has 0 bridgehead atoms. The van der Waals surface area contributed by atoms with Crippen LogP contribution >= 0.6 is 0 Å². The Bertz CT molecular complexity index is 492. The number of rotatable bonds is 19. The van der Waals surface area contributed by atoms with Gasteiger partial charge in [0.2, 0.25) is 0 Å². The van der Waals surface area contributed by atoms with Gasteiger partial charge in [0.1, 0.15) is 25.1 Å². The second-order valence-corrected chi connectivity index (χ2v) is 8.71. The van der Waals surface area contributed by atoms with Crippen LogP contribution in [-0.4, -0.2) is 43.6 Å².